The Labute approximate surface area is 140 Å². The smallest absolute Gasteiger partial charge is 0.160 e. The van der Waals surface area contributed by atoms with Gasteiger partial charge in [-0.2, -0.15) is 0 Å². The van der Waals surface area contributed by atoms with Crippen LogP contribution in [0.25, 0.3) is 0 Å². The van der Waals surface area contributed by atoms with Crippen LogP contribution >= 0.6 is 0 Å². The molecule has 0 unspecified atom stereocenters. The Bertz CT molecular complexity index is 718. The maximum Gasteiger partial charge on any atom is 0.160 e. The lowest BCUT2D eigenvalue weighted by Gasteiger charge is -2.30. The van der Waals surface area contributed by atoms with E-state index >= 15 is 0 Å². The maximum atomic E-state index is 11.9. The van der Waals surface area contributed by atoms with E-state index in [0.717, 1.165) is 27.8 Å². The first-order chi connectivity index (χ1) is 10.3. The number of hydrogen-bond acceptors (Lipinski definition) is 4. The van der Waals surface area contributed by atoms with Gasteiger partial charge in [0.05, 0.1) is 4.75 Å². The van der Waals surface area contributed by atoms with Crippen LogP contribution in [0.3, 0.4) is 0 Å². The molecule has 0 aliphatic heterocycles. The summed E-state index contributed by atoms with van der Waals surface area (Å²) < 4.78 is 23.0. The van der Waals surface area contributed by atoms with Gasteiger partial charge in [0.1, 0.15) is 0 Å². The third kappa shape index (κ3) is 4.42. The lowest BCUT2D eigenvalue weighted by atomic mass is 9.91. The van der Waals surface area contributed by atoms with Crippen molar-refractivity contribution in [2.75, 3.05) is 19.8 Å². The monoisotopic (exact) mass is 339 g/mol. The molecule has 0 fully saturated rings. The van der Waals surface area contributed by atoms with Crippen LogP contribution in [-0.4, -0.2) is 43.7 Å². The molecule has 130 valence electrons. The van der Waals surface area contributed by atoms with Crippen molar-refractivity contribution in [3.63, 3.8) is 0 Å². The summed E-state index contributed by atoms with van der Waals surface area (Å²) in [4.78, 5) is 13.9. The van der Waals surface area contributed by atoms with Gasteiger partial charge in [-0.1, -0.05) is 6.07 Å². The van der Waals surface area contributed by atoms with Gasteiger partial charge in [0.25, 0.3) is 0 Å². The zero-order chi connectivity index (χ0) is 18.2. The summed E-state index contributed by atoms with van der Waals surface area (Å²) in [6.45, 7) is 12.1. The van der Waals surface area contributed by atoms with Crippen molar-refractivity contribution in [2.24, 2.45) is 0 Å². The van der Waals surface area contributed by atoms with E-state index in [1.54, 1.807) is 20.8 Å². The fourth-order valence-electron chi connectivity index (χ4n) is 3.10. The van der Waals surface area contributed by atoms with E-state index < -0.39 is 14.6 Å². The van der Waals surface area contributed by atoms with E-state index in [-0.39, 0.29) is 5.78 Å². The Balaban J connectivity index is 3.15. The highest BCUT2D eigenvalue weighted by Gasteiger charge is 2.31. The number of ketones is 1. The summed E-state index contributed by atoms with van der Waals surface area (Å²) in [5.74, 6) is 0.0698. The van der Waals surface area contributed by atoms with Crippen LogP contribution in [0.1, 0.15) is 53.4 Å². The van der Waals surface area contributed by atoms with Gasteiger partial charge in [0.15, 0.2) is 15.6 Å². The number of Topliss-reactive ketones (excluding diaryl/α,β-unsaturated/α-hetero) is 1. The van der Waals surface area contributed by atoms with Crippen LogP contribution < -0.4 is 0 Å². The van der Waals surface area contributed by atoms with Gasteiger partial charge in [0.2, 0.25) is 0 Å². The van der Waals surface area contributed by atoms with Crippen molar-refractivity contribution in [3.8, 4) is 0 Å². The Morgan fingerprint density at radius 2 is 1.70 bits per heavy atom. The van der Waals surface area contributed by atoms with Crippen molar-refractivity contribution < 1.29 is 13.2 Å². The molecule has 0 radical (unpaired) electrons. The van der Waals surface area contributed by atoms with E-state index in [0.29, 0.717) is 13.1 Å². The quantitative estimate of drug-likeness (QED) is 0.748. The van der Waals surface area contributed by atoms with Gasteiger partial charge in [-0.25, -0.2) is 8.42 Å². The molecule has 1 aromatic rings. The van der Waals surface area contributed by atoms with E-state index in [4.69, 9.17) is 0 Å². The third-order valence-electron chi connectivity index (χ3n) is 4.57. The molecular formula is C18H29NO3S. The zero-order valence-electron chi connectivity index (χ0n) is 15.6. The summed E-state index contributed by atoms with van der Waals surface area (Å²) in [6, 6.07) is 2.04. The molecule has 23 heavy (non-hydrogen) atoms. The van der Waals surface area contributed by atoms with Crippen molar-refractivity contribution in [1.29, 1.82) is 0 Å². The molecule has 0 amide bonds. The second kappa shape index (κ2) is 6.73. The normalized spacial score (nSPS) is 12.7. The first-order valence-electron chi connectivity index (χ1n) is 7.76. The highest BCUT2D eigenvalue weighted by Crippen LogP contribution is 2.25. The molecule has 4 nitrogen and oxygen atoms in total. The number of carbonyl (C=O) groups is 1. The van der Waals surface area contributed by atoms with Crippen LogP contribution in [0.5, 0.6) is 0 Å². The Morgan fingerprint density at radius 3 is 2.13 bits per heavy atom. The number of rotatable bonds is 6. The number of nitrogens with zero attached hydrogens (tertiary/aromatic N) is 1. The molecule has 0 saturated carbocycles. The van der Waals surface area contributed by atoms with Crippen LogP contribution in [0, 0.1) is 20.8 Å². The first-order valence-corrected chi connectivity index (χ1v) is 9.66. The van der Waals surface area contributed by atoms with Crippen LogP contribution in [0.2, 0.25) is 0 Å². The fraction of sp³-hybridized carbons (Fsp3) is 0.611. The van der Waals surface area contributed by atoms with E-state index in [9.17, 15) is 13.2 Å². The zero-order valence-corrected chi connectivity index (χ0v) is 16.4. The second-order valence-corrected chi connectivity index (χ2v) is 9.90. The van der Waals surface area contributed by atoms with Crippen LogP contribution in [-0.2, 0) is 16.4 Å². The third-order valence-corrected chi connectivity index (χ3v) is 6.70. The number of benzene rings is 1. The van der Waals surface area contributed by atoms with Gasteiger partial charge in [-0.15, -0.1) is 0 Å². The second-order valence-electron chi connectivity index (χ2n) is 7.25. The number of sulfone groups is 1. The molecule has 0 bridgehead atoms. The lowest BCUT2D eigenvalue weighted by molar-refractivity contribution is 0.101. The molecule has 0 aromatic heterocycles. The number of aryl methyl sites for hydroxylation is 2. The van der Waals surface area contributed by atoms with Crippen molar-refractivity contribution in [3.05, 3.63) is 33.9 Å². The van der Waals surface area contributed by atoms with E-state index in [2.05, 4.69) is 0 Å². The van der Waals surface area contributed by atoms with Gasteiger partial charge in [0, 0.05) is 24.9 Å². The van der Waals surface area contributed by atoms with Crippen LogP contribution in [0.15, 0.2) is 6.07 Å². The van der Waals surface area contributed by atoms with E-state index in [1.807, 2.05) is 38.8 Å². The minimum absolute atomic E-state index is 0.0698. The predicted molar refractivity (Wildman–Crippen MR) is 95.9 cm³/mol. The molecule has 1 aromatic carbocycles. The maximum absolute atomic E-state index is 11.9. The topological polar surface area (TPSA) is 54.5 Å². The molecule has 0 spiro atoms. The summed E-state index contributed by atoms with van der Waals surface area (Å²) in [7, 11) is -1.22. The molecular weight excluding hydrogens is 310 g/mol. The highest BCUT2D eigenvalue weighted by molar-refractivity contribution is 7.92. The Kier molecular flexibility index (Phi) is 5.81. The summed E-state index contributed by atoms with van der Waals surface area (Å²) in [5, 5.41) is 0. The fourth-order valence-corrected chi connectivity index (χ4v) is 3.56. The number of hydrogen-bond donors (Lipinski definition) is 0. The van der Waals surface area contributed by atoms with Crippen molar-refractivity contribution in [2.45, 2.75) is 52.8 Å². The standard InChI is InChI=1S/C18H29NO3S/c1-12-9-13(2)17(15(4)20)14(3)16(12)10-19(7)11-18(5,6)23(8,21)22/h9H,10-11H2,1-8H3. The largest absolute Gasteiger partial charge is 0.301 e. The Hall–Kier alpha value is -1.20. The Morgan fingerprint density at radius 1 is 1.17 bits per heavy atom. The van der Waals surface area contributed by atoms with Gasteiger partial charge in [-0.3, -0.25) is 4.79 Å². The van der Waals surface area contributed by atoms with Crippen LogP contribution in [0.4, 0.5) is 0 Å². The molecule has 0 aliphatic rings. The molecule has 0 N–H and O–H groups in total. The minimum atomic E-state index is -3.13. The molecule has 0 heterocycles. The molecule has 5 heteroatoms. The summed E-state index contributed by atoms with van der Waals surface area (Å²) in [6.07, 6.45) is 1.27. The predicted octanol–water partition coefficient (Wildman–Crippen LogP) is 3.07. The molecule has 1 rings (SSSR count). The lowest BCUT2D eigenvalue weighted by Crippen LogP contribution is -2.42. The summed E-state index contributed by atoms with van der Waals surface area (Å²) in [5.41, 5.74) is 5.01. The molecule has 0 atom stereocenters. The first kappa shape index (κ1) is 19.8. The average molecular weight is 340 g/mol. The molecule has 0 aliphatic carbocycles. The molecule has 0 saturated heterocycles. The average Bonchev–Trinajstić information content (AvgIpc) is 2.31. The SMILES string of the molecule is CC(=O)c1c(C)cc(C)c(CN(C)CC(C)(C)S(C)(=O)=O)c1C. The van der Waals surface area contributed by atoms with Gasteiger partial charge < -0.3 is 4.90 Å². The van der Waals surface area contributed by atoms with Gasteiger partial charge >= 0.3 is 0 Å². The van der Waals surface area contributed by atoms with Crippen molar-refractivity contribution in [1.82, 2.24) is 4.90 Å². The van der Waals surface area contributed by atoms with Crippen molar-refractivity contribution >= 4 is 15.6 Å². The van der Waals surface area contributed by atoms with E-state index in [1.165, 1.54) is 6.26 Å². The number of carbonyl (C=O) groups excluding carboxylic acids is 1. The summed E-state index contributed by atoms with van der Waals surface area (Å²) >= 11 is 0. The minimum Gasteiger partial charge on any atom is -0.301 e. The van der Waals surface area contributed by atoms with Gasteiger partial charge in [-0.05, 0) is 70.8 Å². The highest BCUT2D eigenvalue weighted by atomic mass is 32.2.